The molecule has 2 saturated heterocycles. The molecular formula is C30H30F6N4O9. The van der Waals surface area contributed by atoms with E-state index in [1.54, 1.807) is 10.4 Å². The van der Waals surface area contributed by atoms with Crippen LogP contribution in [0, 0.1) is 12.8 Å². The Labute approximate surface area is 273 Å². The minimum absolute atomic E-state index is 0.150. The molecule has 2 fully saturated rings. The second kappa shape index (κ2) is 15.5. The van der Waals surface area contributed by atoms with Crippen LogP contribution in [0.4, 0.5) is 26.3 Å². The van der Waals surface area contributed by atoms with Crippen molar-refractivity contribution < 1.29 is 70.4 Å². The van der Waals surface area contributed by atoms with Gasteiger partial charge in [-0.1, -0.05) is 30.3 Å². The zero-order chi connectivity index (χ0) is 36.7. The first-order valence-corrected chi connectivity index (χ1v) is 14.1. The molecule has 13 nitrogen and oxygen atoms in total. The highest BCUT2D eigenvalue weighted by Crippen LogP contribution is 2.36. The lowest BCUT2D eigenvalue weighted by Gasteiger charge is -2.29. The number of aromatic nitrogens is 1. The predicted molar refractivity (Wildman–Crippen MR) is 155 cm³/mol. The fourth-order valence-corrected chi connectivity index (χ4v) is 5.05. The number of hydroxylamine groups is 1. The molecule has 0 saturated carbocycles. The van der Waals surface area contributed by atoms with Crippen LogP contribution in [0.15, 0.2) is 54.6 Å². The number of carboxylic acids is 2. The second-order valence-electron chi connectivity index (χ2n) is 10.8. The molecule has 3 heterocycles. The number of rotatable bonds is 6. The van der Waals surface area contributed by atoms with Gasteiger partial charge in [0.15, 0.2) is 0 Å². The number of carbonyl (C=O) groups excluding carboxylic acids is 2. The van der Waals surface area contributed by atoms with Gasteiger partial charge >= 0.3 is 24.3 Å². The van der Waals surface area contributed by atoms with Gasteiger partial charge in [-0.25, -0.2) is 15.1 Å². The summed E-state index contributed by atoms with van der Waals surface area (Å²) in [6, 6.07) is 16.8. The Morgan fingerprint density at radius 1 is 1.02 bits per heavy atom. The maximum atomic E-state index is 13.3. The fourth-order valence-electron chi connectivity index (χ4n) is 5.05. The van der Waals surface area contributed by atoms with Gasteiger partial charge in [0.25, 0.3) is 5.91 Å². The number of pyridine rings is 1. The predicted octanol–water partition coefficient (Wildman–Crippen LogP) is 3.30. The van der Waals surface area contributed by atoms with Crippen molar-refractivity contribution in [3.63, 3.8) is 0 Å². The van der Waals surface area contributed by atoms with Gasteiger partial charge in [0.1, 0.15) is 17.9 Å². The molecule has 6 N–H and O–H groups in total. The lowest BCUT2D eigenvalue weighted by Crippen LogP contribution is -2.51. The maximum absolute atomic E-state index is 13.3. The summed E-state index contributed by atoms with van der Waals surface area (Å²) in [5, 5.41) is 24.3. The number of halogens is 6. The van der Waals surface area contributed by atoms with Gasteiger partial charge in [0.2, 0.25) is 5.91 Å². The fraction of sp³-hybridized carbons (Fsp3) is 0.367. The molecule has 49 heavy (non-hydrogen) atoms. The van der Waals surface area contributed by atoms with Crippen LogP contribution >= 0.6 is 0 Å². The number of hydrogen-bond acceptors (Lipinski definition) is 9. The maximum Gasteiger partial charge on any atom is 0.490 e. The molecule has 2 aliphatic rings. The van der Waals surface area contributed by atoms with E-state index in [9.17, 15) is 35.9 Å². The molecule has 266 valence electrons. The van der Waals surface area contributed by atoms with Crippen molar-refractivity contribution >= 4 is 34.7 Å². The van der Waals surface area contributed by atoms with Gasteiger partial charge < -0.3 is 30.3 Å². The number of fused-ring (bicyclic) bond motifs is 1. The Bertz CT molecular complexity index is 1650. The van der Waals surface area contributed by atoms with E-state index in [1.165, 1.54) is 0 Å². The SMILES string of the molecule is Cc1cc(COc2ccc([C@@]3(N)CCN([C@H]4COC[C@@H]4C(=O)NO)C3=O)cc2)c2ccccc2n1.O=C(O)C(F)(F)F.O=C(O)C(F)(F)F. The highest BCUT2D eigenvalue weighted by atomic mass is 19.4. The third kappa shape index (κ3) is 9.55. The van der Waals surface area contributed by atoms with Gasteiger partial charge in [-0.15, -0.1) is 0 Å². The quantitative estimate of drug-likeness (QED) is 0.143. The first-order chi connectivity index (χ1) is 22.8. The zero-order valence-electron chi connectivity index (χ0n) is 25.4. The number of nitrogens with zero attached hydrogens (tertiary/aromatic N) is 2. The van der Waals surface area contributed by atoms with E-state index in [-0.39, 0.29) is 19.1 Å². The Balaban J connectivity index is 0.000000392. The first-order valence-electron chi connectivity index (χ1n) is 14.1. The van der Waals surface area contributed by atoms with E-state index >= 15 is 0 Å². The van der Waals surface area contributed by atoms with E-state index in [0.717, 1.165) is 22.2 Å². The molecule has 0 unspecified atom stereocenters. The van der Waals surface area contributed by atoms with E-state index in [4.69, 9.17) is 40.2 Å². The third-order valence-corrected chi connectivity index (χ3v) is 7.47. The number of benzene rings is 2. The summed E-state index contributed by atoms with van der Waals surface area (Å²) in [4.78, 5) is 49.3. The number of ether oxygens (including phenoxy) is 2. The number of aliphatic carboxylic acids is 2. The molecule has 5 rings (SSSR count). The van der Waals surface area contributed by atoms with Crippen molar-refractivity contribution in [2.75, 3.05) is 19.8 Å². The molecular weight excluding hydrogens is 674 g/mol. The van der Waals surface area contributed by atoms with Crippen molar-refractivity contribution in [2.24, 2.45) is 11.7 Å². The summed E-state index contributed by atoms with van der Waals surface area (Å²) in [6.45, 7) is 3.14. The average molecular weight is 705 g/mol. The van der Waals surface area contributed by atoms with E-state index < -0.39 is 47.7 Å². The van der Waals surface area contributed by atoms with Crippen LogP contribution in [0.1, 0.15) is 23.2 Å². The molecule has 3 aromatic rings. The van der Waals surface area contributed by atoms with Gasteiger partial charge in [-0.2, -0.15) is 26.3 Å². The second-order valence-corrected chi connectivity index (χ2v) is 10.8. The normalized spacial score (nSPS) is 20.5. The Morgan fingerprint density at radius 3 is 2.14 bits per heavy atom. The lowest BCUT2D eigenvalue weighted by atomic mass is 9.89. The Morgan fingerprint density at radius 2 is 1.59 bits per heavy atom. The topological polar surface area (TPSA) is 202 Å². The van der Waals surface area contributed by atoms with Crippen molar-refractivity contribution in [1.82, 2.24) is 15.4 Å². The molecule has 2 aromatic carbocycles. The summed E-state index contributed by atoms with van der Waals surface area (Å²) in [5.74, 6) is -6.29. The standard InChI is InChI=1S/C26H28N4O5.2C2HF3O2/c1-16-12-17(20-4-2-3-5-22(20)28-16)13-35-19-8-6-18(7-9-19)26(27)10-11-30(25(26)32)23-15-34-14-21(23)24(31)29-33;2*3-2(4,5)1(6)7/h2-9,12,21,23,33H,10-11,13-15,27H2,1H3,(H,29,31);2*(H,6,7)/t21-,23-,26-;;/m0../s1. The van der Waals surface area contributed by atoms with E-state index in [1.807, 2.05) is 61.5 Å². The van der Waals surface area contributed by atoms with Gasteiger partial charge in [-0.05, 0) is 43.2 Å². The summed E-state index contributed by atoms with van der Waals surface area (Å²) >= 11 is 0. The molecule has 0 radical (unpaired) electrons. The van der Waals surface area contributed by atoms with E-state index in [0.29, 0.717) is 30.9 Å². The number of alkyl halides is 6. The number of nitrogens with one attached hydrogen (secondary N) is 1. The van der Waals surface area contributed by atoms with Crippen molar-refractivity contribution in [3.8, 4) is 5.75 Å². The summed E-state index contributed by atoms with van der Waals surface area (Å²) in [6.07, 6.45) is -9.75. The molecule has 2 amide bonds. The number of carbonyl (C=O) groups is 4. The molecule has 0 bridgehead atoms. The number of para-hydroxylation sites is 1. The lowest BCUT2D eigenvalue weighted by molar-refractivity contribution is -0.193. The monoisotopic (exact) mass is 704 g/mol. The van der Waals surface area contributed by atoms with Crippen LogP contribution in [-0.4, -0.2) is 87.2 Å². The van der Waals surface area contributed by atoms with Gasteiger partial charge in [0.05, 0.1) is 30.7 Å². The average Bonchev–Trinajstić information content (AvgIpc) is 3.64. The summed E-state index contributed by atoms with van der Waals surface area (Å²) < 4.78 is 74.9. The van der Waals surface area contributed by atoms with Crippen LogP contribution in [0.5, 0.6) is 5.75 Å². The van der Waals surface area contributed by atoms with Crippen molar-refractivity contribution in [3.05, 3.63) is 71.4 Å². The number of hydrogen-bond donors (Lipinski definition) is 5. The number of amides is 2. The molecule has 2 aliphatic heterocycles. The van der Waals surface area contributed by atoms with Crippen molar-refractivity contribution in [2.45, 2.75) is 43.9 Å². The minimum atomic E-state index is -5.08. The molecule has 19 heteroatoms. The van der Waals surface area contributed by atoms with Crippen LogP contribution in [0.2, 0.25) is 0 Å². The van der Waals surface area contributed by atoms with Crippen LogP contribution in [0.3, 0.4) is 0 Å². The van der Waals surface area contributed by atoms with Crippen LogP contribution in [0.25, 0.3) is 10.9 Å². The number of carboxylic acid groups (broad SMARTS) is 2. The smallest absolute Gasteiger partial charge is 0.489 e. The minimum Gasteiger partial charge on any atom is -0.489 e. The summed E-state index contributed by atoms with van der Waals surface area (Å²) in [5.41, 5.74) is 10.7. The Kier molecular flexibility index (Phi) is 12.1. The Hall–Kier alpha value is -5.01. The third-order valence-electron chi connectivity index (χ3n) is 7.47. The zero-order valence-corrected chi connectivity index (χ0v) is 25.4. The highest BCUT2D eigenvalue weighted by molar-refractivity contribution is 5.91. The first kappa shape index (κ1) is 38.4. The number of aryl methyl sites for hydroxylation is 1. The number of likely N-dealkylation sites (tertiary alicyclic amines) is 1. The van der Waals surface area contributed by atoms with Gasteiger partial charge in [-0.3, -0.25) is 19.8 Å². The largest absolute Gasteiger partial charge is 0.490 e. The molecule has 1 aromatic heterocycles. The van der Waals surface area contributed by atoms with E-state index in [2.05, 4.69) is 4.98 Å². The molecule has 3 atom stereocenters. The van der Waals surface area contributed by atoms with Crippen LogP contribution in [-0.2, 0) is 36.1 Å². The molecule has 0 aliphatic carbocycles. The highest BCUT2D eigenvalue weighted by Gasteiger charge is 2.50. The van der Waals surface area contributed by atoms with Crippen molar-refractivity contribution in [1.29, 1.82) is 0 Å². The van der Waals surface area contributed by atoms with Crippen LogP contribution < -0.4 is 16.0 Å². The molecule has 0 spiro atoms. The summed E-state index contributed by atoms with van der Waals surface area (Å²) in [7, 11) is 0. The van der Waals surface area contributed by atoms with Gasteiger partial charge in [0, 0.05) is 23.2 Å². The number of nitrogens with two attached hydrogens (primary N) is 1.